The Bertz CT molecular complexity index is 954. The Morgan fingerprint density at radius 1 is 1.23 bits per heavy atom. The van der Waals surface area contributed by atoms with Gasteiger partial charge >= 0.3 is 0 Å². The third-order valence-electron chi connectivity index (χ3n) is 4.40. The Hall–Kier alpha value is -2.18. The normalized spacial score (nSPS) is 15.4. The van der Waals surface area contributed by atoms with Crippen LogP contribution < -0.4 is 4.74 Å². The molecule has 0 unspecified atom stereocenters. The number of fused-ring (bicyclic) bond motifs is 1. The molecule has 7 heteroatoms. The number of carbonyl (C=O) groups excluding carboxylic acids is 1. The van der Waals surface area contributed by atoms with E-state index in [1.165, 1.54) is 23.5 Å². The average molecular weight is 391 g/mol. The van der Waals surface area contributed by atoms with Gasteiger partial charge in [-0.05, 0) is 36.4 Å². The molecule has 2 aromatic carbocycles. The molecular formula is C19H16ClFN2O2S. The van der Waals surface area contributed by atoms with Crippen LogP contribution in [0.3, 0.4) is 0 Å². The number of benzene rings is 2. The summed E-state index contributed by atoms with van der Waals surface area (Å²) in [5.74, 6) is -0.290. The van der Waals surface area contributed by atoms with E-state index in [1.54, 1.807) is 30.3 Å². The van der Waals surface area contributed by atoms with Gasteiger partial charge in [-0.3, -0.25) is 4.79 Å². The SMILES string of the molecule is O=C(c1cccc(Cl)c1)N1CCC(Oc2nc3ccc(F)cc3s2)CC1. The van der Waals surface area contributed by atoms with Crippen LogP contribution in [-0.2, 0) is 0 Å². The van der Waals surface area contributed by atoms with E-state index in [0.29, 0.717) is 28.9 Å². The van der Waals surface area contributed by atoms with Gasteiger partial charge in [-0.15, -0.1) is 0 Å². The Balaban J connectivity index is 1.37. The lowest BCUT2D eigenvalue weighted by Gasteiger charge is -2.31. The predicted molar refractivity (Wildman–Crippen MR) is 101 cm³/mol. The summed E-state index contributed by atoms with van der Waals surface area (Å²) < 4.78 is 20.0. The molecule has 2 heterocycles. The second-order valence-electron chi connectivity index (χ2n) is 6.21. The van der Waals surface area contributed by atoms with Crippen LogP contribution in [0, 0.1) is 5.82 Å². The van der Waals surface area contributed by atoms with Gasteiger partial charge in [0, 0.05) is 36.5 Å². The van der Waals surface area contributed by atoms with Crippen LogP contribution in [0.1, 0.15) is 23.2 Å². The van der Waals surface area contributed by atoms with E-state index in [-0.39, 0.29) is 17.8 Å². The van der Waals surface area contributed by atoms with Crippen molar-refractivity contribution in [2.24, 2.45) is 0 Å². The van der Waals surface area contributed by atoms with Crippen molar-refractivity contribution < 1.29 is 13.9 Å². The quantitative estimate of drug-likeness (QED) is 0.646. The van der Waals surface area contributed by atoms with Crippen LogP contribution >= 0.6 is 22.9 Å². The molecule has 4 rings (SSSR count). The second kappa shape index (κ2) is 7.21. The molecule has 1 aromatic heterocycles. The molecule has 1 saturated heterocycles. The first-order valence-electron chi connectivity index (χ1n) is 8.36. The molecule has 1 aliphatic rings. The van der Waals surface area contributed by atoms with E-state index in [2.05, 4.69) is 4.98 Å². The van der Waals surface area contributed by atoms with E-state index in [1.807, 2.05) is 4.90 Å². The van der Waals surface area contributed by atoms with Crippen molar-refractivity contribution in [3.8, 4) is 5.19 Å². The fraction of sp³-hybridized carbons (Fsp3) is 0.263. The molecule has 3 aromatic rings. The molecule has 1 aliphatic heterocycles. The number of likely N-dealkylation sites (tertiary alicyclic amines) is 1. The third kappa shape index (κ3) is 3.66. The number of amides is 1. The largest absolute Gasteiger partial charge is 0.467 e. The number of piperidine rings is 1. The zero-order valence-electron chi connectivity index (χ0n) is 13.8. The maximum absolute atomic E-state index is 13.3. The summed E-state index contributed by atoms with van der Waals surface area (Å²) in [6.07, 6.45) is 1.47. The Labute approximate surface area is 159 Å². The van der Waals surface area contributed by atoms with Crippen molar-refractivity contribution in [3.63, 3.8) is 0 Å². The van der Waals surface area contributed by atoms with Gasteiger partial charge in [0.05, 0.1) is 10.2 Å². The molecule has 0 N–H and O–H groups in total. The summed E-state index contributed by atoms with van der Waals surface area (Å²) in [6, 6.07) is 11.5. The van der Waals surface area contributed by atoms with Crippen molar-refractivity contribution in [2.45, 2.75) is 18.9 Å². The number of carbonyl (C=O) groups is 1. The summed E-state index contributed by atoms with van der Waals surface area (Å²) in [5, 5.41) is 1.10. The van der Waals surface area contributed by atoms with Gasteiger partial charge < -0.3 is 9.64 Å². The van der Waals surface area contributed by atoms with Crippen molar-refractivity contribution in [2.75, 3.05) is 13.1 Å². The number of ether oxygens (including phenoxy) is 1. The summed E-state index contributed by atoms with van der Waals surface area (Å²) in [5.41, 5.74) is 1.34. The number of aromatic nitrogens is 1. The highest BCUT2D eigenvalue weighted by Gasteiger charge is 2.25. The number of hydrogen-bond acceptors (Lipinski definition) is 4. The maximum Gasteiger partial charge on any atom is 0.274 e. The van der Waals surface area contributed by atoms with Crippen LogP contribution in [0.4, 0.5) is 4.39 Å². The lowest BCUT2D eigenvalue weighted by Crippen LogP contribution is -2.41. The molecular weight excluding hydrogens is 375 g/mol. The van der Waals surface area contributed by atoms with Crippen molar-refractivity contribution in [3.05, 3.63) is 58.9 Å². The van der Waals surface area contributed by atoms with E-state index in [0.717, 1.165) is 23.1 Å². The molecule has 0 aliphatic carbocycles. The highest BCUT2D eigenvalue weighted by atomic mass is 35.5. The van der Waals surface area contributed by atoms with Gasteiger partial charge in [-0.25, -0.2) is 9.37 Å². The average Bonchev–Trinajstić information content (AvgIpc) is 3.03. The Morgan fingerprint density at radius 3 is 2.81 bits per heavy atom. The summed E-state index contributed by atoms with van der Waals surface area (Å²) >= 11 is 7.31. The number of rotatable bonds is 3. The highest BCUT2D eigenvalue weighted by molar-refractivity contribution is 7.20. The fourth-order valence-electron chi connectivity index (χ4n) is 3.05. The smallest absolute Gasteiger partial charge is 0.274 e. The van der Waals surface area contributed by atoms with Crippen LogP contribution in [0.5, 0.6) is 5.19 Å². The topological polar surface area (TPSA) is 42.4 Å². The first-order chi connectivity index (χ1) is 12.6. The molecule has 4 nitrogen and oxygen atoms in total. The molecule has 0 saturated carbocycles. The molecule has 134 valence electrons. The number of nitrogens with zero attached hydrogens (tertiary/aromatic N) is 2. The zero-order valence-corrected chi connectivity index (χ0v) is 15.4. The summed E-state index contributed by atoms with van der Waals surface area (Å²) in [4.78, 5) is 18.8. The van der Waals surface area contributed by atoms with Crippen molar-refractivity contribution in [1.29, 1.82) is 0 Å². The minimum absolute atomic E-state index is 0.00354. The molecule has 0 atom stereocenters. The maximum atomic E-state index is 13.3. The lowest BCUT2D eigenvalue weighted by atomic mass is 10.1. The van der Waals surface area contributed by atoms with Gasteiger partial charge in [0.25, 0.3) is 11.1 Å². The van der Waals surface area contributed by atoms with Gasteiger partial charge in [-0.2, -0.15) is 0 Å². The molecule has 0 radical (unpaired) electrons. The van der Waals surface area contributed by atoms with Crippen LogP contribution in [0.25, 0.3) is 10.2 Å². The Kier molecular flexibility index (Phi) is 4.78. The van der Waals surface area contributed by atoms with Gasteiger partial charge in [-0.1, -0.05) is 29.0 Å². The molecule has 0 bridgehead atoms. The van der Waals surface area contributed by atoms with Gasteiger partial charge in [0.1, 0.15) is 11.9 Å². The van der Waals surface area contributed by atoms with Crippen molar-refractivity contribution in [1.82, 2.24) is 9.88 Å². The van der Waals surface area contributed by atoms with Crippen molar-refractivity contribution >= 4 is 39.1 Å². The van der Waals surface area contributed by atoms with Crippen LogP contribution in [-0.4, -0.2) is 35.0 Å². The molecule has 26 heavy (non-hydrogen) atoms. The Morgan fingerprint density at radius 2 is 2.04 bits per heavy atom. The van der Waals surface area contributed by atoms with E-state index in [4.69, 9.17) is 16.3 Å². The second-order valence-corrected chi connectivity index (χ2v) is 7.64. The fourth-order valence-corrected chi connectivity index (χ4v) is 4.15. The van der Waals surface area contributed by atoms with Crippen LogP contribution in [0.2, 0.25) is 5.02 Å². The number of halogens is 2. The predicted octanol–water partition coefficient (Wildman–Crippen LogP) is 4.77. The first-order valence-corrected chi connectivity index (χ1v) is 9.55. The lowest BCUT2D eigenvalue weighted by molar-refractivity contribution is 0.0595. The molecule has 1 amide bonds. The molecule has 0 spiro atoms. The van der Waals surface area contributed by atoms with Gasteiger partial charge in [0.15, 0.2) is 0 Å². The van der Waals surface area contributed by atoms with E-state index < -0.39 is 0 Å². The van der Waals surface area contributed by atoms with Gasteiger partial charge in [0.2, 0.25) is 0 Å². The highest BCUT2D eigenvalue weighted by Crippen LogP contribution is 2.30. The number of hydrogen-bond donors (Lipinski definition) is 0. The monoisotopic (exact) mass is 390 g/mol. The third-order valence-corrected chi connectivity index (χ3v) is 5.54. The standard InChI is InChI=1S/C19H16ClFN2O2S/c20-13-3-1-2-12(10-13)18(24)23-8-6-15(7-9-23)25-19-22-16-5-4-14(21)11-17(16)26-19/h1-5,10-11,15H,6-9H2. The van der Waals surface area contributed by atoms with E-state index in [9.17, 15) is 9.18 Å². The van der Waals surface area contributed by atoms with E-state index >= 15 is 0 Å². The molecule has 1 fully saturated rings. The summed E-state index contributed by atoms with van der Waals surface area (Å²) in [7, 11) is 0. The van der Waals surface area contributed by atoms with Crippen LogP contribution in [0.15, 0.2) is 42.5 Å². The minimum Gasteiger partial charge on any atom is -0.467 e. The minimum atomic E-state index is -0.277. The number of thiazole rings is 1. The summed E-state index contributed by atoms with van der Waals surface area (Å²) in [6.45, 7) is 1.24. The first kappa shape index (κ1) is 17.2. The zero-order chi connectivity index (χ0) is 18.1.